The Kier molecular flexibility index (Phi) is 4.31. The molecular weight excluding hydrogens is 226 g/mol. The van der Waals surface area contributed by atoms with Crippen molar-refractivity contribution in [2.45, 2.75) is 52.5 Å². The molecule has 3 nitrogen and oxygen atoms in total. The van der Waals surface area contributed by atoms with Crippen LogP contribution in [0.2, 0.25) is 0 Å². The lowest BCUT2D eigenvalue weighted by molar-refractivity contribution is -0.140. The number of nitrogens with zero attached hydrogens (tertiary/aromatic N) is 1. The highest BCUT2D eigenvalue weighted by molar-refractivity contribution is 5.67. The van der Waals surface area contributed by atoms with Gasteiger partial charge in [-0.15, -0.1) is 0 Å². The molecule has 1 aliphatic heterocycles. The Bertz CT molecular complexity index is 297. The van der Waals surface area contributed by atoms with Gasteiger partial charge in [-0.25, -0.2) is 0 Å². The zero-order chi connectivity index (χ0) is 13.3. The van der Waals surface area contributed by atoms with Crippen molar-refractivity contribution in [2.75, 3.05) is 13.1 Å². The Morgan fingerprint density at radius 3 is 2.56 bits per heavy atom. The van der Waals surface area contributed by atoms with E-state index in [2.05, 4.69) is 25.7 Å². The lowest BCUT2D eigenvalue weighted by Crippen LogP contribution is -2.57. The van der Waals surface area contributed by atoms with Crippen LogP contribution in [0.3, 0.4) is 0 Å². The molecule has 1 N–H and O–H groups in total. The summed E-state index contributed by atoms with van der Waals surface area (Å²) in [6.07, 6.45) is 4.38. The molecule has 1 saturated heterocycles. The van der Waals surface area contributed by atoms with Gasteiger partial charge in [0.2, 0.25) is 0 Å². The van der Waals surface area contributed by atoms with Gasteiger partial charge in [-0.05, 0) is 36.5 Å². The molecule has 1 saturated carbocycles. The van der Waals surface area contributed by atoms with Crippen LogP contribution in [0.25, 0.3) is 0 Å². The summed E-state index contributed by atoms with van der Waals surface area (Å²) in [5, 5.41) is 8.81. The van der Waals surface area contributed by atoms with Crippen LogP contribution in [0.4, 0.5) is 0 Å². The summed E-state index contributed by atoms with van der Waals surface area (Å²) in [7, 11) is 0. The molecule has 0 bridgehead atoms. The van der Waals surface area contributed by atoms with Gasteiger partial charge in [-0.1, -0.05) is 27.2 Å². The minimum absolute atomic E-state index is 0.352. The zero-order valence-corrected chi connectivity index (χ0v) is 11.9. The maximum absolute atomic E-state index is 10.7. The highest BCUT2D eigenvalue weighted by Gasteiger charge is 2.40. The van der Waals surface area contributed by atoms with E-state index in [4.69, 9.17) is 5.11 Å². The Morgan fingerprint density at radius 2 is 2.00 bits per heavy atom. The molecule has 2 aliphatic rings. The minimum Gasteiger partial charge on any atom is -0.481 e. The molecule has 0 radical (unpaired) electrons. The average Bonchev–Trinajstić information content (AvgIpc) is 2.21. The van der Waals surface area contributed by atoms with Gasteiger partial charge in [0.25, 0.3) is 0 Å². The van der Waals surface area contributed by atoms with E-state index < -0.39 is 5.97 Å². The first kappa shape index (κ1) is 13.9. The fourth-order valence-electron chi connectivity index (χ4n) is 3.83. The van der Waals surface area contributed by atoms with Crippen LogP contribution in [-0.4, -0.2) is 35.1 Å². The van der Waals surface area contributed by atoms with E-state index >= 15 is 0 Å². The van der Waals surface area contributed by atoms with Crippen LogP contribution in [0.15, 0.2) is 0 Å². The number of likely N-dealkylation sites (tertiary alicyclic amines) is 1. The van der Waals surface area contributed by atoms with Gasteiger partial charge in [0.05, 0.1) is 6.42 Å². The first-order valence-electron chi connectivity index (χ1n) is 7.43. The van der Waals surface area contributed by atoms with Crippen molar-refractivity contribution in [2.24, 2.45) is 23.7 Å². The summed E-state index contributed by atoms with van der Waals surface area (Å²) < 4.78 is 0. The van der Waals surface area contributed by atoms with Crippen molar-refractivity contribution >= 4 is 5.97 Å². The van der Waals surface area contributed by atoms with Crippen LogP contribution in [0.5, 0.6) is 0 Å². The van der Waals surface area contributed by atoms with E-state index in [0.29, 0.717) is 18.4 Å². The fraction of sp³-hybridized carbons (Fsp3) is 0.933. The predicted octanol–water partition coefficient (Wildman–Crippen LogP) is 2.85. The van der Waals surface area contributed by atoms with Crippen LogP contribution in [0.1, 0.15) is 46.5 Å². The third-order valence-electron chi connectivity index (χ3n) is 4.90. The van der Waals surface area contributed by atoms with Gasteiger partial charge in [0.15, 0.2) is 0 Å². The molecule has 0 aromatic heterocycles. The molecule has 3 atom stereocenters. The maximum Gasteiger partial charge on any atom is 0.303 e. The normalized spacial score (nSPS) is 34.6. The second-order valence-electron chi connectivity index (χ2n) is 6.81. The van der Waals surface area contributed by atoms with Gasteiger partial charge < -0.3 is 5.11 Å². The largest absolute Gasteiger partial charge is 0.481 e. The van der Waals surface area contributed by atoms with Crippen molar-refractivity contribution in [3.8, 4) is 0 Å². The zero-order valence-electron chi connectivity index (χ0n) is 11.9. The van der Waals surface area contributed by atoms with E-state index in [-0.39, 0.29) is 0 Å². The summed E-state index contributed by atoms with van der Waals surface area (Å²) in [6.45, 7) is 9.04. The van der Waals surface area contributed by atoms with E-state index in [1.54, 1.807) is 0 Å². The van der Waals surface area contributed by atoms with Gasteiger partial charge in [-0.2, -0.15) is 0 Å². The van der Waals surface area contributed by atoms with Crippen molar-refractivity contribution in [3.05, 3.63) is 0 Å². The summed E-state index contributed by atoms with van der Waals surface area (Å²) in [6, 6.07) is 0.707. The molecule has 104 valence electrons. The second kappa shape index (κ2) is 5.60. The van der Waals surface area contributed by atoms with Crippen LogP contribution < -0.4 is 0 Å². The predicted molar refractivity (Wildman–Crippen MR) is 72.4 cm³/mol. The summed E-state index contributed by atoms with van der Waals surface area (Å²) >= 11 is 0. The number of carboxylic acids is 1. The van der Waals surface area contributed by atoms with Crippen molar-refractivity contribution in [1.82, 2.24) is 4.90 Å². The van der Waals surface area contributed by atoms with E-state index in [9.17, 15) is 4.79 Å². The van der Waals surface area contributed by atoms with Crippen LogP contribution >= 0.6 is 0 Å². The first-order chi connectivity index (χ1) is 8.47. The first-order valence-corrected chi connectivity index (χ1v) is 7.43. The van der Waals surface area contributed by atoms with E-state index in [0.717, 1.165) is 30.8 Å². The van der Waals surface area contributed by atoms with E-state index in [1.807, 2.05) is 0 Å². The molecule has 1 aliphatic carbocycles. The molecule has 0 spiro atoms. The number of rotatable bonds is 4. The third kappa shape index (κ3) is 3.05. The molecule has 2 rings (SSSR count). The summed E-state index contributed by atoms with van der Waals surface area (Å²) in [5.41, 5.74) is 0. The van der Waals surface area contributed by atoms with Crippen molar-refractivity contribution < 1.29 is 9.90 Å². The maximum atomic E-state index is 10.7. The van der Waals surface area contributed by atoms with Crippen LogP contribution in [-0.2, 0) is 4.79 Å². The number of carbonyl (C=O) groups is 1. The van der Waals surface area contributed by atoms with Crippen LogP contribution in [0, 0.1) is 23.7 Å². The molecule has 0 amide bonds. The molecule has 1 heterocycles. The quantitative estimate of drug-likeness (QED) is 0.837. The number of hydrogen-bond acceptors (Lipinski definition) is 2. The molecule has 3 heteroatoms. The molecular formula is C15H27NO2. The number of aliphatic carboxylic acids is 1. The Morgan fingerprint density at radius 1 is 1.33 bits per heavy atom. The Labute approximate surface area is 111 Å². The van der Waals surface area contributed by atoms with Gasteiger partial charge in [0, 0.05) is 19.1 Å². The fourth-order valence-corrected chi connectivity index (χ4v) is 3.83. The number of hydrogen-bond donors (Lipinski definition) is 1. The second-order valence-corrected chi connectivity index (χ2v) is 6.81. The number of carboxylic acid groups (broad SMARTS) is 1. The highest BCUT2D eigenvalue weighted by atomic mass is 16.4. The van der Waals surface area contributed by atoms with E-state index in [1.165, 1.54) is 19.3 Å². The smallest absolute Gasteiger partial charge is 0.303 e. The molecule has 0 aromatic carbocycles. The minimum atomic E-state index is -0.642. The molecule has 18 heavy (non-hydrogen) atoms. The molecule has 2 fully saturated rings. The summed E-state index contributed by atoms with van der Waals surface area (Å²) in [5.74, 6) is 2.15. The third-order valence-corrected chi connectivity index (χ3v) is 4.90. The monoisotopic (exact) mass is 253 g/mol. The van der Waals surface area contributed by atoms with Gasteiger partial charge >= 0.3 is 5.97 Å². The van der Waals surface area contributed by atoms with Crippen molar-refractivity contribution in [1.29, 1.82) is 0 Å². The lowest BCUT2D eigenvalue weighted by atomic mass is 9.72. The topological polar surface area (TPSA) is 40.5 Å². The SMILES string of the molecule is CC1CCC(C(C)C)C(N2CC(CC(=O)O)C2)C1. The van der Waals surface area contributed by atoms with Gasteiger partial charge in [-0.3, -0.25) is 9.69 Å². The lowest BCUT2D eigenvalue weighted by Gasteiger charge is -2.50. The summed E-state index contributed by atoms with van der Waals surface area (Å²) in [4.78, 5) is 13.2. The molecule has 0 aromatic rings. The standard InChI is InChI=1S/C15H27NO2/c1-10(2)13-5-4-11(3)6-14(13)16-8-12(9-16)7-15(17)18/h10-14H,4-9H2,1-3H3,(H,17,18). The Hall–Kier alpha value is -0.570. The average molecular weight is 253 g/mol. The highest BCUT2D eigenvalue weighted by Crippen LogP contribution is 2.39. The van der Waals surface area contributed by atoms with Crippen molar-refractivity contribution in [3.63, 3.8) is 0 Å². The van der Waals surface area contributed by atoms with Gasteiger partial charge in [0.1, 0.15) is 0 Å². The molecule has 3 unspecified atom stereocenters. The Balaban J connectivity index is 1.88.